The molecule has 0 aliphatic carbocycles. The van der Waals surface area contributed by atoms with E-state index in [4.69, 9.17) is 0 Å². The van der Waals surface area contributed by atoms with Crippen LogP contribution in [-0.2, 0) is 14.1 Å². The maximum Gasteiger partial charge on any atom is 0.256 e. The first-order valence-corrected chi connectivity index (χ1v) is 5.98. The summed E-state index contributed by atoms with van der Waals surface area (Å²) in [5, 5.41) is 6.97. The van der Waals surface area contributed by atoms with Gasteiger partial charge < -0.3 is 0 Å². The van der Waals surface area contributed by atoms with Crippen LogP contribution >= 0.6 is 0 Å². The summed E-state index contributed by atoms with van der Waals surface area (Å²) in [4.78, 5) is 1.86. The molecular weight excluding hydrogens is 210 g/mol. The highest BCUT2D eigenvalue weighted by atomic mass is 15.5. The standard InChI is InChI=1S/C12H12N3.C2H6/c1-14-11-8-7-9-5-3-4-6-10(9)12(11)13-15(14)2;1-2/h3-8H,1-2H3;1-2H3/q+1;. The van der Waals surface area contributed by atoms with E-state index in [9.17, 15) is 0 Å². The molecule has 3 heteroatoms. The van der Waals surface area contributed by atoms with Crippen LogP contribution in [0.2, 0.25) is 0 Å². The molecule has 0 aliphatic heterocycles. The Hall–Kier alpha value is -1.90. The van der Waals surface area contributed by atoms with Gasteiger partial charge in [-0.2, -0.15) is 4.68 Å². The van der Waals surface area contributed by atoms with Crippen molar-refractivity contribution in [3.8, 4) is 0 Å². The molecule has 0 unspecified atom stereocenters. The lowest BCUT2D eigenvalue weighted by molar-refractivity contribution is -0.733. The van der Waals surface area contributed by atoms with Crippen molar-refractivity contribution in [2.24, 2.45) is 14.1 Å². The highest BCUT2D eigenvalue weighted by molar-refractivity contribution is 6.02. The van der Waals surface area contributed by atoms with E-state index in [0.717, 1.165) is 11.0 Å². The lowest BCUT2D eigenvalue weighted by atomic mass is 10.1. The zero-order valence-electron chi connectivity index (χ0n) is 10.8. The van der Waals surface area contributed by atoms with Gasteiger partial charge in [0.25, 0.3) is 5.52 Å². The minimum atomic E-state index is 1.07. The molecule has 1 aromatic heterocycles. The van der Waals surface area contributed by atoms with E-state index in [1.54, 1.807) is 0 Å². The molecule has 3 rings (SSSR count). The second-order valence-electron chi connectivity index (χ2n) is 3.77. The Balaban J connectivity index is 0.000000514. The van der Waals surface area contributed by atoms with Gasteiger partial charge in [-0.3, -0.25) is 0 Å². The second kappa shape index (κ2) is 4.53. The largest absolute Gasteiger partial charge is 0.256 e. The molecule has 0 radical (unpaired) electrons. The van der Waals surface area contributed by atoms with Crippen LogP contribution < -0.4 is 4.68 Å². The van der Waals surface area contributed by atoms with Gasteiger partial charge in [0.15, 0.2) is 0 Å². The average Bonchev–Trinajstić information content (AvgIpc) is 2.68. The summed E-state index contributed by atoms with van der Waals surface area (Å²) in [6.45, 7) is 4.00. The Morgan fingerprint density at radius 3 is 2.53 bits per heavy atom. The fraction of sp³-hybridized carbons (Fsp3) is 0.286. The lowest BCUT2D eigenvalue weighted by Gasteiger charge is -1.93. The lowest BCUT2D eigenvalue weighted by Crippen LogP contribution is -2.37. The molecule has 3 aromatic rings. The molecule has 0 amide bonds. The van der Waals surface area contributed by atoms with Crippen molar-refractivity contribution in [1.82, 2.24) is 9.90 Å². The van der Waals surface area contributed by atoms with Gasteiger partial charge in [0.05, 0.1) is 7.05 Å². The molecule has 0 saturated carbocycles. The molecule has 0 aliphatic rings. The highest BCUT2D eigenvalue weighted by Crippen LogP contribution is 2.20. The van der Waals surface area contributed by atoms with Crippen LogP contribution in [0.5, 0.6) is 0 Å². The quantitative estimate of drug-likeness (QED) is 0.542. The summed E-state index contributed by atoms with van der Waals surface area (Å²) in [5.41, 5.74) is 2.23. The molecule has 0 N–H and O–H groups in total. The first-order valence-electron chi connectivity index (χ1n) is 5.98. The van der Waals surface area contributed by atoms with Gasteiger partial charge >= 0.3 is 0 Å². The summed E-state index contributed by atoms with van der Waals surface area (Å²) in [6, 6.07) is 12.6. The van der Waals surface area contributed by atoms with E-state index in [1.165, 1.54) is 10.8 Å². The number of fused-ring (bicyclic) bond motifs is 3. The van der Waals surface area contributed by atoms with Gasteiger partial charge in [-0.15, -0.1) is 0 Å². The van der Waals surface area contributed by atoms with Crippen molar-refractivity contribution in [2.75, 3.05) is 0 Å². The topological polar surface area (TPSA) is 21.7 Å². The predicted molar refractivity (Wildman–Crippen MR) is 70.7 cm³/mol. The third-order valence-corrected chi connectivity index (χ3v) is 2.91. The van der Waals surface area contributed by atoms with Gasteiger partial charge in [-0.05, 0) is 28.4 Å². The fourth-order valence-corrected chi connectivity index (χ4v) is 1.98. The van der Waals surface area contributed by atoms with Crippen LogP contribution in [0.25, 0.3) is 21.8 Å². The zero-order valence-corrected chi connectivity index (χ0v) is 10.8. The maximum atomic E-state index is 4.52. The van der Waals surface area contributed by atoms with E-state index in [0.29, 0.717) is 0 Å². The molecule has 0 bridgehead atoms. The van der Waals surface area contributed by atoms with Crippen LogP contribution in [0.1, 0.15) is 13.8 Å². The minimum Gasteiger partial charge on any atom is -0.156 e. The Bertz CT molecular complexity index is 653. The molecule has 3 nitrogen and oxygen atoms in total. The number of aryl methyl sites for hydroxylation is 2. The van der Waals surface area contributed by atoms with E-state index in [-0.39, 0.29) is 0 Å². The fourth-order valence-electron chi connectivity index (χ4n) is 1.98. The smallest absolute Gasteiger partial charge is 0.156 e. The molecule has 88 valence electrons. The molecule has 0 spiro atoms. The Morgan fingerprint density at radius 1 is 1.06 bits per heavy atom. The van der Waals surface area contributed by atoms with Crippen LogP contribution in [0.4, 0.5) is 0 Å². The van der Waals surface area contributed by atoms with Crippen molar-refractivity contribution in [3.63, 3.8) is 0 Å². The predicted octanol–water partition coefficient (Wildman–Crippen LogP) is 2.58. The van der Waals surface area contributed by atoms with Crippen molar-refractivity contribution in [3.05, 3.63) is 36.4 Å². The van der Waals surface area contributed by atoms with Gasteiger partial charge in [0, 0.05) is 10.5 Å². The van der Waals surface area contributed by atoms with E-state index >= 15 is 0 Å². The third-order valence-electron chi connectivity index (χ3n) is 2.91. The highest BCUT2D eigenvalue weighted by Gasteiger charge is 2.15. The average molecular weight is 228 g/mol. The zero-order chi connectivity index (χ0) is 12.4. The van der Waals surface area contributed by atoms with Gasteiger partial charge in [-0.25, -0.2) is 0 Å². The first-order chi connectivity index (χ1) is 8.27. The molecule has 0 saturated heterocycles. The number of rotatable bonds is 0. The maximum absolute atomic E-state index is 4.52. The number of hydrogen-bond donors (Lipinski definition) is 0. The summed E-state index contributed by atoms with van der Waals surface area (Å²) >= 11 is 0. The Labute approximate surface area is 101 Å². The molecule has 2 aromatic carbocycles. The summed E-state index contributed by atoms with van der Waals surface area (Å²) < 4.78 is 2.04. The van der Waals surface area contributed by atoms with Crippen molar-refractivity contribution < 1.29 is 4.68 Å². The van der Waals surface area contributed by atoms with Crippen molar-refractivity contribution >= 4 is 21.8 Å². The number of benzene rings is 2. The number of nitrogens with zero attached hydrogens (tertiary/aromatic N) is 3. The SMILES string of the molecule is CC.Cn1nc2c3ccccc3ccc2[n+]1C. The van der Waals surface area contributed by atoms with Crippen molar-refractivity contribution in [2.45, 2.75) is 13.8 Å². The molecule has 0 fully saturated rings. The normalized spacial score (nSPS) is 10.4. The van der Waals surface area contributed by atoms with Gasteiger partial charge in [-0.1, -0.05) is 32.0 Å². The van der Waals surface area contributed by atoms with Crippen LogP contribution in [0.3, 0.4) is 0 Å². The summed E-state index contributed by atoms with van der Waals surface area (Å²) in [5.74, 6) is 0. The first kappa shape index (κ1) is 11.6. The Kier molecular flexibility index (Phi) is 3.09. The van der Waals surface area contributed by atoms with Crippen LogP contribution in [0, 0.1) is 0 Å². The third kappa shape index (κ3) is 1.78. The summed E-state index contributed by atoms with van der Waals surface area (Å²) in [6.07, 6.45) is 0. The van der Waals surface area contributed by atoms with Gasteiger partial charge in [0.1, 0.15) is 7.05 Å². The van der Waals surface area contributed by atoms with Gasteiger partial charge in [0.2, 0.25) is 5.52 Å². The van der Waals surface area contributed by atoms with Crippen LogP contribution in [-0.4, -0.2) is 9.90 Å². The van der Waals surface area contributed by atoms with Crippen molar-refractivity contribution in [1.29, 1.82) is 0 Å². The monoisotopic (exact) mass is 228 g/mol. The molecule has 17 heavy (non-hydrogen) atoms. The minimum absolute atomic E-state index is 1.07. The number of hydrogen-bond acceptors (Lipinski definition) is 1. The van der Waals surface area contributed by atoms with E-state index in [1.807, 2.05) is 37.4 Å². The second-order valence-corrected chi connectivity index (χ2v) is 3.77. The number of aromatic nitrogens is 3. The molecular formula is C14H18N3+. The van der Waals surface area contributed by atoms with E-state index in [2.05, 4.69) is 41.5 Å². The van der Waals surface area contributed by atoms with Crippen LogP contribution in [0.15, 0.2) is 36.4 Å². The molecule has 1 heterocycles. The van der Waals surface area contributed by atoms with E-state index < -0.39 is 0 Å². The molecule has 0 atom stereocenters. The Morgan fingerprint density at radius 2 is 1.76 bits per heavy atom. The summed E-state index contributed by atoms with van der Waals surface area (Å²) in [7, 11) is 3.97.